The number of benzene rings is 1. The molecule has 0 aromatic heterocycles. The van der Waals surface area contributed by atoms with Gasteiger partial charge >= 0.3 is 6.03 Å². The van der Waals surface area contributed by atoms with Crippen LogP contribution in [-0.4, -0.2) is 73.4 Å². The number of methoxy groups -OCH3 is 1. The third kappa shape index (κ3) is 3.25. The molecular formula is C16H18N4O5. The van der Waals surface area contributed by atoms with Gasteiger partial charge in [0.25, 0.3) is 5.91 Å². The van der Waals surface area contributed by atoms with Gasteiger partial charge in [0.2, 0.25) is 11.8 Å². The van der Waals surface area contributed by atoms with Crippen molar-refractivity contribution in [2.75, 3.05) is 44.7 Å². The number of urea groups is 1. The third-order valence-corrected chi connectivity index (χ3v) is 4.18. The van der Waals surface area contributed by atoms with Gasteiger partial charge in [0, 0.05) is 13.1 Å². The zero-order valence-corrected chi connectivity index (χ0v) is 13.7. The second-order valence-electron chi connectivity index (χ2n) is 5.67. The van der Waals surface area contributed by atoms with E-state index >= 15 is 0 Å². The van der Waals surface area contributed by atoms with Crippen molar-refractivity contribution in [2.45, 2.75) is 0 Å². The van der Waals surface area contributed by atoms with Crippen molar-refractivity contribution < 1.29 is 23.9 Å². The van der Waals surface area contributed by atoms with Gasteiger partial charge in [-0.15, -0.1) is 0 Å². The highest BCUT2D eigenvalue weighted by molar-refractivity contribution is 6.05. The molecule has 3 rings (SSSR count). The van der Waals surface area contributed by atoms with Crippen LogP contribution in [0.25, 0.3) is 0 Å². The highest BCUT2D eigenvalue weighted by Crippen LogP contribution is 2.28. The molecule has 0 radical (unpaired) electrons. The number of nitrogens with one attached hydrogen (secondary N) is 1. The maximum atomic E-state index is 12.5. The van der Waals surface area contributed by atoms with Crippen LogP contribution in [0.2, 0.25) is 0 Å². The first-order chi connectivity index (χ1) is 12.0. The van der Waals surface area contributed by atoms with Crippen molar-refractivity contribution in [1.29, 1.82) is 0 Å². The monoisotopic (exact) mass is 346 g/mol. The Morgan fingerprint density at radius 3 is 2.56 bits per heavy atom. The van der Waals surface area contributed by atoms with Gasteiger partial charge in [0.05, 0.1) is 19.3 Å². The van der Waals surface area contributed by atoms with Crippen LogP contribution in [0.5, 0.6) is 5.75 Å². The number of nitrogens with zero attached hydrogens (tertiary/aromatic N) is 3. The lowest BCUT2D eigenvalue weighted by atomic mass is 10.2. The van der Waals surface area contributed by atoms with Crippen LogP contribution in [0, 0.1) is 0 Å². The van der Waals surface area contributed by atoms with Gasteiger partial charge < -0.3 is 19.9 Å². The Balaban J connectivity index is 1.65. The number of imide groups is 1. The number of carbonyl (C=O) groups is 4. The summed E-state index contributed by atoms with van der Waals surface area (Å²) in [5.74, 6) is -0.549. The Morgan fingerprint density at radius 1 is 1.16 bits per heavy atom. The number of carbonyl (C=O) groups excluding carboxylic acids is 4. The molecule has 0 bridgehead atoms. The highest BCUT2D eigenvalue weighted by atomic mass is 16.5. The summed E-state index contributed by atoms with van der Waals surface area (Å²) >= 11 is 0. The molecule has 2 aliphatic rings. The fraction of sp³-hybridized carbons (Fsp3) is 0.375. The molecule has 0 saturated carbocycles. The van der Waals surface area contributed by atoms with Crippen LogP contribution in [0.4, 0.5) is 10.5 Å². The summed E-state index contributed by atoms with van der Waals surface area (Å²) in [4.78, 5) is 51.6. The van der Waals surface area contributed by atoms with Crippen molar-refractivity contribution in [3.63, 3.8) is 0 Å². The van der Waals surface area contributed by atoms with Gasteiger partial charge in [-0.2, -0.15) is 0 Å². The molecule has 2 fully saturated rings. The standard InChI is InChI=1S/C16H18N4O5/c1-25-12-5-3-2-4-11(12)19-7-6-18(9-15(19)23)14(22)10-20-13(21)8-17-16(20)24/h2-5H,6-10H2,1H3,(H,17,24). The zero-order valence-electron chi connectivity index (χ0n) is 13.7. The summed E-state index contributed by atoms with van der Waals surface area (Å²) < 4.78 is 5.27. The number of amides is 5. The minimum atomic E-state index is -0.586. The van der Waals surface area contributed by atoms with E-state index in [1.165, 1.54) is 12.0 Å². The maximum absolute atomic E-state index is 12.5. The van der Waals surface area contributed by atoms with Crippen LogP contribution < -0.4 is 15.0 Å². The van der Waals surface area contributed by atoms with Gasteiger partial charge in [0.15, 0.2) is 0 Å². The normalized spacial score (nSPS) is 17.8. The minimum absolute atomic E-state index is 0.105. The Morgan fingerprint density at radius 2 is 1.92 bits per heavy atom. The summed E-state index contributed by atoms with van der Waals surface area (Å²) in [6.07, 6.45) is 0. The quantitative estimate of drug-likeness (QED) is 0.736. The summed E-state index contributed by atoms with van der Waals surface area (Å²) in [5.41, 5.74) is 0.649. The minimum Gasteiger partial charge on any atom is -0.495 e. The van der Waals surface area contributed by atoms with Gasteiger partial charge in [-0.3, -0.25) is 19.3 Å². The molecule has 5 amide bonds. The molecule has 9 heteroatoms. The molecule has 0 aliphatic carbocycles. The molecule has 0 atom stereocenters. The van der Waals surface area contributed by atoms with Crippen LogP contribution >= 0.6 is 0 Å². The van der Waals surface area contributed by atoms with E-state index in [2.05, 4.69) is 5.32 Å². The second-order valence-corrected chi connectivity index (χ2v) is 5.67. The van der Waals surface area contributed by atoms with Crippen LogP contribution in [0.1, 0.15) is 0 Å². The first kappa shape index (κ1) is 16.7. The molecule has 2 aliphatic heterocycles. The van der Waals surface area contributed by atoms with Crippen molar-refractivity contribution >= 4 is 29.4 Å². The third-order valence-electron chi connectivity index (χ3n) is 4.18. The number of piperazine rings is 1. The molecule has 0 spiro atoms. The van der Waals surface area contributed by atoms with Gasteiger partial charge in [-0.05, 0) is 12.1 Å². The van der Waals surface area contributed by atoms with Gasteiger partial charge in [-0.25, -0.2) is 4.79 Å². The predicted molar refractivity (Wildman–Crippen MR) is 87.0 cm³/mol. The Labute approximate surface area is 144 Å². The molecular weight excluding hydrogens is 328 g/mol. The molecule has 2 heterocycles. The van der Waals surface area contributed by atoms with Gasteiger partial charge in [-0.1, -0.05) is 12.1 Å². The molecule has 2 saturated heterocycles. The SMILES string of the molecule is COc1ccccc1N1CCN(C(=O)CN2C(=O)CNC2=O)CC1=O. The largest absolute Gasteiger partial charge is 0.495 e. The van der Waals surface area contributed by atoms with E-state index in [-0.39, 0.29) is 25.5 Å². The number of ether oxygens (including phenoxy) is 1. The fourth-order valence-electron chi connectivity index (χ4n) is 2.84. The number of hydrogen-bond donors (Lipinski definition) is 1. The molecule has 1 N–H and O–H groups in total. The highest BCUT2D eigenvalue weighted by Gasteiger charge is 2.34. The first-order valence-electron chi connectivity index (χ1n) is 7.80. The number of anilines is 1. The van der Waals surface area contributed by atoms with Crippen molar-refractivity contribution in [3.05, 3.63) is 24.3 Å². The smallest absolute Gasteiger partial charge is 0.325 e. The Kier molecular flexibility index (Phi) is 4.55. The van der Waals surface area contributed by atoms with Gasteiger partial charge in [0.1, 0.15) is 18.8 Å². The summed E-state index contributed by atoms with van der Waals surface area (Å²) in [6.45, 7) is 0.0527. The van der Waals surface area contributed by atoms with E-state index in [9.17, 15) is 19.2 Å². The topological polar surface area (TPSA) is 99.3 Å². The number of hydrogen-bond acceptors (Lipinski definition) is 5. The lowest BCUT2D eigenvalue weighted by Crippen LogP contribution is -2.54. The van der Waals surface area contributed by atoms with E-state index in [1.807, 2.05) is 6.07 Å². The molecule has 0 unspecified atom stereocenters. The summed E-state index contributed by atoms with van der Waals surface area (Å²) in [6, 6.07) is 6.57. The van der Waals surface area contributed by atoms with Crippen LogP contribution in [-0.2, 0) is 14.4 Å². The Bertz CT molecular complexity index is 719. The van der Waals surface area contributed by atoms with E-state index in [1.54, 1.807) is 23.1 Å². The van der Waals surface area contributed by atoms with E-state index in [4.69, 9.17) is 4.74 Å². The van der Waals surface area contributed by atoms with Crippen LogP contribution in [0.15, 0.2) is 24.3 Å². The average molecular weight is 346 g/mol. The van der Waals surface area contributed by atoms with E-state index in [0.29, 0.717) is 24.5 Å². The lowest BCUT2D eigenvalue weighted by Gasteiger charge is -2.35. The van der Waals surface area contributed by atoms with E-state index in [0.717, 1.165) is 4.90 Å². The zero-order chi connectivity index (χ0) is 18.0. The lowest BCUT2D eigenvalue weighted by molar-refractivity contribution is -0.139. The van der Waals surface area contributed by atoms with Crippen molar-refractivity contribution in [1.82, 2.24) is 15.1 Å². The first-order valence-corrected chi connectivity index (χ1v) is 7.80. The maximum Gasteiger partial charge on any atom is 0.325 e. The Hall–Kier alpha value is -3.10. The summed E-state index contributed by atoms with van der Waals surface area (Å²) in [7, 11) is 1.53. The van der Waals surface area contributed by atoms with Crippen LogP contribution in [0.3, 0.4) is 0 Å². The summed E-state index contributed by atoms with van der Waals surface area (Å²) in [5, 5.41) is 2.36. The van der Waals surface area contributed by atoms with Crippen molar-refractivity contribution in [2.24, 2.45) is 0 Å². The van der Waals surface area contributed by atoms with Crippen molar-refractivity contribution in [3.8, 4) is 5.75 Å². The molecule has 1 aromatic rings. The number of para-hydroxylation sites is 2. The van der Waals surface area contributed by atoms with E-state index < -0.39 is 17.8 Å². The molecule has 25 heavy (non-hydrogen) atoms. The number of rotatable bonds is 4. The second kappa shape index (κ2) is 6.80. The fourth-order valence-corrected chi connectivity index (χ4v) is 2.84. The molecule has 132 valence electrons. The molecule has 9 nitrogen and oxygen atoms in total. The molecule has 1 aromatic carbocycles. The predicted octanol–water partition coefficient (Wildman–Crippen LogP) is -0.578. The average Bonchev–Trinajstić information content (AvgIpc) is 2.93.